The molecule has 0 radical (unpaired) electrons. The summed E-state index contributed by atoms with van der Waals surface area (Å²) in [4.78, 5) is 24.1. The average molecular weight is 445 g/mol. The average Bonchev–Trinajstić information content (AvgIpc) is 3.44. The summed E-state index contributed by atoms with van der Waals surface area (Å²) in [5.74, 6) is 0.809. The van der Waals surface area contributed by atoms with Crippen molar-refractivity contribution in [3.63, 3.8) is 0 Å². The number of tetrazole rings is 1. The maximum atomic E-state index is 12.1. The van der Waals surface area contributed by atoms with Crippen molar-refractivity contribution in [2.75, 3.05) is 0 Å². The molecule has 11 heteroatoms. The summed E-state index contributed by atoms with van der Waals surface area (Å²) in [6.07, 6.45) is 1.34. The summed E-state index contributed by atoms with van der Waals surface area (Å²) >= 11 is 0. The smallest absolute Gasteiger partial charge is 0.273 e. The number of nitrogens with one attached hydrogen (secondary N) is 1. The van der Waals surface area contributed by atoms with Gasteiger partial charge in [-0.15, -0.1) is 10.2 Å². The lowest BCUT2D eigenvalue weighted by atomic mass is 10.0. The molecule has 0 aliphatic rings. The van der Waals surface area contributed by atoms with Crippen LogP contribution in [0.2, 0.25) is 0 Å². The monoisotopic (exact) mass is 445 g/mol. The van der Waals surface area contributed by atoms with Gasteiger partial charge in [-0.2, -0.15) is 9.90 Å². The lowest BCUT2D eigenvalue weighted by Gasteiger charge is -2.05. The summed E-state index contributed by atoms with van der Waals surface area (Å²) < 4.78 is 5.71. The number of hydrazone groups is 1. The second kappa shape index (κ2) is 9.22. The Labute approximate surface area is 187 Å². The number of hydrogen-bond donors (Lipinski definition) is 1. The molecule has 0 atom stereocenters. The number of amides is 1. The summed E-state index contributed by atoms with van der Waals surface area (Å²) in [7, 11) is 0. The van der Waals surface area contributed by atoms with Crippen LogP contribution in [-0.4, -0.2) is 37.3 Å². The molecular formula is C22H19N7O4. The van der Waals surface area contributed by atoms with Gasteiger partial charge in [0.2, 0.25) is 5.82 Å². The van der Waals surface area contributed by atoms with Crippen LogP contribution in [0.1, 0.15) is 16.9 Å². The molecule has 166 valence electrons. The van der Waals surface area contributed by atoms with E-state index in [1.807, 2.05) is 37.3 Å². The van der Waals surface area contributed by atoms with E-state index in [0.717, 1.165) is 11.1 Å². The minimum absolute atomic E-state index is 0.0200. The van der Waals surface area contributed by atoms with Crippen LogP contribution in [0.5, 0.6) is 0 Å². The maximum absolute atomic E-state index is 12.1. The Morgan fingerprint density at radius 2 is 1.97 bits per heavy atom. The quantitative estimate of drug-likeness (QED) is 0.261. The van der Waals surface area contributed by atoms with E-state index >= 15 is 0 Å². The van der Waals surface area contributed by atoms with Crippen LogP contribution in [0.4, 0.5) is 5.69 Å². The predicted molar refractivity (Wildman–Crippen MR) is 119 cm³/mol. The highest BCUT2D eigenvalue weighted by Crippen LogP contribution is 2.31. The third-order valence-electron chi connectivity index (χ3n) is 4.78. The second-order valence-electron chi connectivity index (χ2n) is 7.22. The van der Waals surface area contributed by atoms with Crippen molar-refractivity contribution in [2.24, 2.45) is 5.10 Å². The van der Waals surface area contributed by atoms with Crippen LogP contribution in [0.25, 0.3) is 22.7 Å². The van der Waals surface area contributed by atoms with E-state index in [2.05, 4.69) is 25.9 Å². The molecule has 0 aliphatic carbocycles. The second-order valence-corrected chi connectivity index (χ2v) is 7.22. The van der Waals surface area contributed by atoms with Crippen molar-refractivity contribution >= 4 is 17.8 Å². The van der Waals surface area contributed by atoms with Crippen molar-refractivity contribution in [2.45, 2.75) is 20.4 Å². The van der Waals surface area contributed by atoms with Crippen LogP contribution < -0.4 is 5.43 Å². The number of benzene rings is 2. The molecule has 2 aromatic carbocycles. The SMILES string of the molecule is Cc1cc(C)c([N+](=O)[O-])cc1-c1ccc(/C=N\NC(=O)Cn2nnc(-c3ccccc3)n2)o1. The molecule has 0 aliphatic heterocycles. The molecule has 2 aromatic heterocycles. The summed E-state index contributed by atoms with van der Waals surface area (Å²) in [6.45, 7) is 3.38. The first kappa shape index (κ1) is 21.6. The number of hydrogen-bond acceptors (Lipinski definition) is 8. The first-order chi connectivity index (χ1) is 15.9. The number of nitro groups is 1. The number of carbonyl (C=O) groups excluding carboxylic acids is 1. The molecule has 0 unspecified atom stereocenters. The highest BCUT2D eigenvalue weighted by Gasteiger charge is 2.16. The van der Waals surface area contributed by atoms with Crippen molar-refractivity contribution < 1.29 is 14.1 Å². The van der Waals surface area contributed by atoms with Crippen molar-refractivity contribution in [3.8, 4) is 22.7 Å². The van der Waals surface area contributed by atoms with Gasteiger partial charge in [0.1, 0.15) is 18.1 Å². The fourth-order valence-electron chi connectivity index (χ4n) is 3.21. The number of nitrogens with zero attached hydrogens (tertiary/aromatic N) is 6. The first-order valence-corrected chi connectivity index (χ1v) is 9.91. The molecule has 4 aromatic rings. The lowest BCUT2D eigenvalue weighted by molar-refractivity contribution is -0.385. The number of rotatable bonds is 7. The zero-order valence-corrected chi connectivity index (χ0v) is 17.8. The third kappa shape index (κ3) is 4.98. The Kier molecular flexibility index (Phi) is 6.02. The Balaban J connectivity index is 1.38. The molecular weight excluding hydrogens is 426 g/mol. The van der Waals surface area contributed by atoms with Gasteiger partial charge in [0.25, 0.3) is 11.6 Å². The highest BCUT2D eigenvalue weighted by atomic mass is 16.6. The topological polar surface area (TPSA) is 141 Å². The minimum atomic E-state index is -0.444. The molecule has 0 bridgehead atoms. The Hall–Kier alpha value is -4.67. The largest absolute Gasteiger partial charge is 0.455 e. The number of nitro benzene ring substituents is 1. The molecule has 33 heavy (non-hydrogen) atoms. The zero-order valence-electron chi connectivity index (χ0n) is 17.8. The normalized spacial score (nSPS) is 11.1. The lowest BCUT2D eigenvalue weighted by Crippen LogP contribution is -2.24. The van der Waals surface area contributed by atoms with Gasteiger partial charge in [0, 0.05) is 22.8 Å². The Morgan fingerprint density at radius 3 is 2.73 bits per heavy atom. The van der Waals surface area contributed by atoms with Crippen molar-refractivity contribution in [3.05, 3.63) is 81.6 Å². The first-order valence-electron chi connectivity index (χ1n) is 9.91. The molecule has 1 N–H and O–H groups in total. The van der Waals surface area contributed by atoms with E-state index < -0.39 is 10.8 Å². The van der Waals surface area contributed by atoms with E-state index in [1.54, 1.807) is 25.1 Å². The Bertz CT molecular complexity index is 1340. The zero-order chi connectivity index (χ0) is 23.4. The molecule has 0 saturated carbocycles. The molecule has 0 saturated heterocycles. The van der Waals surface area contributed by atoms with Crippen molar-refractivity contribution in [1.82, 2.24) is 25.6 Å². The molecule has 1 amide bonds. The van der Waals surface area contributed by atoms with Gasteiger partial charge in [-0.05, 0) is 42.8 Å². The number of aryl methyl sites for hydroxylation is 2. The minimum Gasteiger partial charge on any atom is -0.455 e. The molecule has 4 rings (SSSR count). The summed E-state index contributed by atoms with van der Waals surface area (Å²) in [5.41, 5.74) is 5.23. The Morgan fingerprint density at radius 1 is 1.18 bits per heavy atom. The molecule has 0 fully saturated rings. The van der Waals surface area contributed by atoms with Crippen LogP contribution in [-0.2, 0) is 11.3 Å². The van der Waals surface area contributed by atoms with Gasteiger partial charge in [0.05, 0.1) is 11.1 Å². The van der Waals surface area contributed by atoms with Crippen molar-refractivity contribution in [1.29, 1.82) is 0 Å². The highest BCUT2D eigenvalue weighted by molar-refractivity contribution is 5.81. The van der Waals surface area contributed by atoms with Gasteiger partial charge in [-0.1, -0.05) is 30.3 Å². The van der Waals surface area contributed by atoms with Gasteiger partial charge in [-0.3, -0.25) is 14.9 Å². The van der Waals surface area contributed by atoms with Crippen LogP contribution in [0.3, 0.4) is 0 Å². The van der Waals surface area contributed by atoms with E-state index in [9.17, 15) is 14.9 Å². The third-order valence-corrected chi connectivity index (χ3v) is 4.78. The van der Waals surface area contributed by atoms with Gasteiger partial charge < -0.3 is 4.42 Å². The van der Waals surface area contributed by atoms with Crippen LogP contribution in [0.15, 0.2) is 64.1 Å². The van der Waals surface area contributed by atoms with Gasteiger partial charge in [-0.25, -0.2) is 5.43 Å². The van der Waals surface area contributed by atoms with E-state index in [0.29, 0.717) is 28.5 Å². The molecule has 2 heterocycles. The fraction of sp³-hybridized carbons (Fsp3) is 0.136. The van der Waals surface area contributed by atoms with E-state index in [4.69, 9.17) is 4.42 Å². The van der Waals surface area contributed by atoms with Crippen LogP contribution >= 0.6 is 0 Å². The van der Waals surface area contributed by atoms with E-state index in [-0.39, 0.29) is 12.2 Å². The molecule has 0 spiro atoms. The van der Waals surface area contributed by atoms with Gasteiger partial charge >= 0.3 is 0 Å². The standard InChI is InChI=1S/C22H19N7O4/c1-14-10-15(2)19(29(31)32)11-18(14)20-9-8-17(33-20)12-23-24-21(30)13-28-26-22(25-27-28)16-6-4-3-5-7-16/h3-12H,13H2,1-2H3,(H,24,30)/b23-12-. The summed E-state index contributed by atoms with van der Waals surface area (Å²) in [5, 5.41) is 27.1. The number of aromatic nitrogens is 4. The molecule has 11 nitrogen and oxygen atoms in total. The predicted octanol–water partition coefficient (Wildman–Crippen LogP) is 3.28. The fourth-order valence-corrected chi connectivity index (χ4v) is 3.21. The number of carbonyl (C=O) groups is 1. The summed E-state index contributed by atoms with van der Waals surface area (Å²) in [6, 6.07) is 15.9. The van der Waals surface area contributed by atoms with E-state index in [1.165, 1.54) is 17.1 Å². The van der Waals surface area contributed by atoms with Crippen LogP contribution in [0, 0.1) is 24.0 Å². The van der Waals surface area contributed by atoms with Gasteiger partial charge in [0.15, 0.2) is 0 Å². The maximum Gasteiger partial charge on any atom is 0.273 e. The number of furan rings is 1.